The van der Waals surface area contributed by atoms with Crippen LogP contribution >= 0.6 is 0 Å². The van der Waals surface area contributed by atoms with Crippen LogP contribution in [0.15, 0.2) is 40.8 Å². The molecule has 2 aromatic rings. The lowest BCUT2D eigenvalue weighted by atomic mass is 9.49. The zero-order valence-corrected chi connectivity index (χ0v) is 16.6. The summed E-state index contributed by atoms with van der Waals surface area (Å²) in [6.45, 7) is 3.16. The van der Waals surface area contributed by atoms with E-state index in [2.05, 4.69) is 5.32 Å². The maximum absolute atomic E-state index is 12.6. The van der Waals surface area contributed by atoms with Gasteiger partial charge in [0.15, 0.2) is 5.76 Å². The van der Waals surface area contributed by atoms with Crippen LogP contribution in [0, 0.1) is 30.1 Å². The fraction of sp³-hybridized carbons (Fsp3) is 0.542. The summed E-state index contributed by atoms with van der Waals surface area (Å²) in [5.74, 6) is 4.46. The Bertz CT molecular complexity index is 833. The fourth-order valence-electron chi connectivity index (χ4n) is 6.30. The molecular weight excluding hydrogens is 350 g/mol. The highest BCUT2D eigenvalue weighted by Gasteiger charge is 2.50. The zero-order valence-electron chi connectivity index (χ0n) is 16.6. The molecule has 0 atom stereocenters. The van der Waals surface area contributed by atoms with Crippen molar-refractivity contribution < 1.29 is 13.9 Å². The van der Waals surface area contributed by atoms with Crippen molar-refractivity contribution in [2.24, 2.45) is 23.2 Å². The molecule has 4 saturated carbocycles. The van der Waals surface area contributed by atoms with Gasteiger partial charge in [0, 0.05) is 6.54 Å². The van der Waals surface area contributed by atoms with Crippen LogP contribution in [-0.2, 0) is 6.61 Å². The van der Waals surface area contributed by atoms with E-state index in [-0.39, 0.29) is 5.91 Å². The first kappa shape index (κ1) is 17.8. The van der Waals surface area contributed by atoms with Gasteiger partial charge in [0.05, 0.1) is 0 Å². The monoisotopic (exact) mass is 379 g/mol. The third-order valence-corrected chi connectivity index (χ3v) is 7.05. The van der Waals surface area contributed by atoms with Crippen LogP contribution in [0.3, 0.4) is 0 Å². The van der Waals surface area contributed by atoms with Crippen molar-refractivity contribution in [2.75, 3.05) is 6.54 Å². The summed E-state index contributed by atoms with van der Waals surface area (Å²) in [5, 5.41) is 3.18. The highest BCUT2D eigenvalue weighted by molar-refractivity contribution is 5.91. The van der Waals surface area contributed by atoms with Crippen molar-refractivity contribution >= 4 is 5.91 Å². The molecule has 0 spiro atoms. The normalized spacial score (nSPS) is 30.4. The third-order valence-electron chi connectivity index (χ3n) is 7.05. The highest BCUT2D eigenvalue weighted by atomic mass is 16.5. The van der Waals surface area contributed by atoms with Crippen molar-refractivity contribution in [1.82, 2.24) is 5.32 Å². The first-order chi connectivity index (χ1) is 13.6. The summed E-state index contributed by atoms with van der Waals surface area (Å²) >= 11 is 0. The van der Waals surface area contributed by atoms with Gasteiger partial charge >= 0.3 is 0 Å². The maximum Gasteiger partial charge on any atom is 0.287 e. The summed E-state index contributed by atoms with van der Waals surface area (Å²) in [7, 11) is 0. The van der Waals surface area contributed by atoms with Crippen LogP contribution in [0.1, 0.15) is 60.4 Å². The van der Waals surface area contributed by atoms with E-state index in [1.54, 1.807) is 6.07 Å². The van der Waals surface area contributed by atoms with Gasteiger partial charge in [-0.2, -0.15) is 0 Å². The SMILES string of the molecule is Cc1cccc(OCc2ccc(C(=O)NCC34CC5CC(CC(C5)C3)C4)o2)c1. The van der Waals surface area contributed by atoms with Crippen molar-refractivity contribution in [3.63, 3.8) is 0 Å². The standard InChI is InChI=1S/C24H29NO3/c1-16-3-2-4-20(7-16)27-14-21-5-6-22(28-21)23(26)25-15-24-11-17-8-18(12-24)10-19(9-17)13-24/h2-7,17-19H,8-15H2,1H3,(H,25,26). The minimum atomic E-state index is -0.0995. The molecule has 4 aliphatic rings. The van der Waals surface area contributed by atoms with Gasteiger partial charge in [-0.15, -0.1) is 0 Å². The number of aryl methyl sites for hydroxylation is 1. The lowest BCUT2D eigenvalue weighted by Gasteiger charge is -2.56. The van der Waals surface area contributed by atoms with Crippen LogP contribution in [0.2, 0.25) is 0 Å². The molecule has 4 aliphatic carbocycles. The van der Waals surface area contributed by atoms with Gasteiger partial charge in [0.1, 0.15) is 18.1 Å². The number of hydrogen-bond acceptors (Lipinski definition) is 3. The fourth-order valence-corrected chi connectivity index (χ4v) is 6.30. The second-order valence-electron chi connectivity index (χ2n) is 9.47. The molecule has 1 heterocycles. The van der Waals surface area contributed by atoms with E-state index in [9.17, 15) is 4.79 Å². The number of carbonyl (C=O) groups is 1. The second-order valence-corrected chi connectivity index (χ2v) is 9.47. The molecule has 148 valence electrons. The molecular formula is C24H29NO3. The van der Waals surface area contributed by atoms with Gasteiger partial charge in [-0.1, -0.05) is 12.1 Å². The number of furan rings is 1. The average Bonchev–Trinajstić information content (AvgIpc) is 3.13. The van der Waals surface area contributed by atoms with Crippen molar-refractivity contribution in [3.8, 4) is 5.75 Å². The van der Waals surface area contributed by atoms with E-state index in [0.717, 1.165) is 35.6 Å². The number of benzene rings is 1. The number of carbonyl (C=O) groups excluding carboxylic acids is 1. The summed E-state index contributed by atoms with van der Waals surface area (Å²) < 4.78 is 11.5. The lowest BCUT2D eigenvalue weighted by molar-refractivity contribution is -0.0504. The molecule has 1 aromatic carbocycles. The van der Waals surface area contributed by atoms with Gasteiger partial charge < -0.3 is 14.5 Å². The average molecular weight is 380 g/mol. The molecule has 4 heteroatoms. The summed E-state index contributed by atoms with van der Waals surface area (Å²) in [6.07, 6.45) is 8.17. The van der Waals surface area contributed by atoms with E-state index in [1.807, 2.05) is 37.3 Å². The van der Waals surface area contributed by atoms with Crippen LogP contribution in [0.5, 0.6) is 5.75 Å². The second kappa shape index (κ2) is 6.98. The first-order valence-electron chi connectivity index (χ1n) is 10.6. The Morgan fingerprint density at radius 3 is 2.50 bits per heavy atom. The molecule has 1 N–H and O–H groups in total. The summed E-state index contributed by atoms with van der Waals surface area (Å²) in [5.41, 5.74) is 1.50. The number of nitrogens with one attached hydrogen (secondary N) is 1. The van der Waals surface area contributed by atoms with E-state index >= 15 is 0 Å². The Balaban J connectivity index is 1.16. The van der Waals surface area contributed by atoms with Crippen molar-refractivity contribution in [2.45, 2.75) is 52.1 Å². The Kier molecular flexibility index (Phi) is 4.45. The molecule has 0 saturated heterocycles. The van der Waals surface area contributed by atoms with Gasteiger partial charge in [0.2, 0.25) is 0 Å². The molecule has 1 aromatic heterocycles. The molecule has 4 fully saturated rings. The number of ether oxygens (including phenoxy) is 1. The van der Waals surface area contributed by atoms with E-state index in [4.69, 9.17) is 9.15 Å². The van der Waals surface area contributed by atoms with Crippen LogP contribution in [0.4, 0.5) is 0 Å². The molecule has 0 aliphatic heterocycles. The Morgan fingerprint density at radius 2 is 1.82 bits per heavy atom. The molecule has 4 nitrogen and oxygen atoms in total. The first-order valence-corrected chi connectivity index (χ1v) is 10.6. The quantitative estimate of drug-likeness (QED) is 0.758. The van der Waals surface area contributed by atoms with Crippen molar-refractivity contribution in [3.05, 3.63) is 53.5 Å². The number of amides is 1. The minimum absolute atomic E-state index is 0.0995. The van der Waals surface area contributed by atoms with E-state index in [1.165, 1.54) is 38.5 Å². The van der Waals surface area contributed by atoms with E-state index < -0.39 is 0 Å². The largest absolute Gasteiger partial charge is 0.486 e. The van der Waals surface area contributed by atoms with Gasteiger partial charge in [-0.3, -0.25) is 4.79 Å². The molecule has 6 rings (SSSR count). The number of hydrogen-bond donors (Lipinski definition) is 1. The third kappa shape index (κ3) is 3.57. The van der Waals surface area contributed by atoms with E-state index in [0.29, 0.717) is 23.5 Å². The Hall–Kier alpha value is -2.23. The topological polar surface area (TPSA) is 51.5 Å². The van der Waals surface area contributed by atoms with Crippen LogP contribution in [0.25, 0.3) is 0 Å². The Morgan fingerprint density at radius 1 is 1.11 bits per heavy atom. The predicted molar refractivity (Wildman–Crippen MR) is 107 cm³/mol. The smallest absolute Gasteiger partial charge is 0.287 e. The predicted octanol–water partition coefficient (Wildman–Crippen LogP) is 5.11. The van der Waals surface area contributed by atoms with Gasteiger partial charge in [-0.25, -0.2) is 0 Å². The lowest BCUT2D eigenvalue weighted by Crippen LogP contribution is -2.51. The molecule has 1 amide bonds. The van der Waals surface area contributed by atoms with Crippen molar-refractivity contribution in [1.29, 1.82) is 0 Å². The maximum atomic E-state index is 12.6. The zero-order chi connectivity index (χ0) is 19.1. The molecule has 0 unspecified atom stereocenters. The van der Waals surface area contributed by atoms with Gasteiger partial charge in [0.25, 0.3) is 5.91 Å². The van der Waals surface area contributed by atoms with Crippen LogP contribution < -0.4 is 10.1 Å². The molecule has 28 heavy (non-hydrogen) atoms. The van der Waals surface area contributed by atoms with Gasteiger partial charge in [-0.05, 0) is 98.4 Å². The van der Waals surface area contributed by atoms with Crippen LogP contribution in [-0.4, -0.2) is 12.5 Å². The summed E-state index contributed by atoms with van der Waals surface area (Å²) in [4.78, 5) is 12.6. The molecule has 4 bridgehead atoms. The molecule has 0 radical (unpaired) electrons. The number of rotatable bonds is 6. The minimum Gasteiger partial charge on any atom is -0.486 e. The summed E-state index contributed by atoms with van der Waals surface area (Å²) in [6, 6.07) is 11.5. The highest BCUT2D eigenvalue weighted by Crippen LogP contribution is 2.59. The Labute approximate surface area is 166 Å².